The molecule has 1 heterocycles. The van der Waals surface area contributed by atoms with E-state index in [0.717, 1.165) is 11.3 Å². The predicted octanol–water partition coefficient (Wildman–Crippen LogP) is 3.09. The van der Waals surface area contributed by atoms with E-state index in [0.29, 0.717) is 33.1 Å². The van der Waals surface area contributed by atoms with Crippen LogP contribution in [-0.4, -0.2) is 20.2 Å². The number of rotatable bonds is 4. The smallest absolute Gasteiger partial charge is 0.396 e. The Kier molecular flexibility index (Phi) is 4.03. The van der Waals surface area contributed by atoms with Crippen molar-refractivity contribution in [2.24, 2.45) is 0 Å². The quantitative estimate of drug-likeness (QED) is 0.540. The number of ether oxygens (including phenoxy) is 3. The van der Waals surface area contributed by atoms with Gasteiger partial charge in [0.05, 0.1) is 24.5 Å². The van der Waals surface area contributed by atoms with Crippen molar-refractivity contribution in [3.05, 3.63) is 51.7 Å². The molecule has 23 heavy (non-hydrogen) atoms. The van der Waals surface area contributed by atoms with E-state index in [1.54, 1.807) is 24.3 Å². The summed E-state index contributed by atoms with van der Waals surface area (Å²) in [5, 5.41) is 0. The van der Waals surface area contributed by atoms with Gasteiger partial charge in [0.25, 0.3) is 0 Å². The number of fused-ring (bicyclic) bond motifs is 1. The molecule has 0 aliphatic heterocycles. The van der Waals surface area contributed by atoms with Gasteiger partial charge in [-0.1, -0.05) is 11.3 Å². The van der Waals surface area contributed by atoms with Gasteiger partial charge >= 0.3 is 10.9 Å². The zero-order chi connectivity index (χ0) is 16.4. The number of benzene rings is 2. The van der Waals surface area contributed by atoms with Crippen molar-refractivity contribution >= 4 is 27.6 Å². The van der Waals surface area contributed by atoms with Crippen LogP contribution >= 0.6 is 11.3 Å². The molecule has 0 spiro atoms. The molecule has 3 rings (SSSR count). The zero-order valence-corrected chi connectivity index (χ0v) is 13.1. The molecule has 6 nitrogen and oxygen atoms in total. The number of hydrogen-bond acceptors (Lipinski definition) is 7. The molecule has 0 amide bonds. The van der Waals surface area contributed by atoms with E-state index in [2.05, 4.69) is 0 Å². The molecule has 1 aromatic heterocycles. The van der Waals surface area contributed by atoms with Crippen LogP contribution in [0.3, 0.4) is 0 Å². The second-order valence-electron chi connectivity index (χ2n) is 4.52. The summed E-state index contributed by atoms with van der Waals surface area (Å²) >= 11 is 0.992. The molecular formula is C16H12O6S. The number of carbonyl (C=O) groups is 1. The van der Waals surface area contributed by atoms with Gasteiger partial charge in [0, 0.05) is 6.07 Å². The monoisotopic (exact) mass is 332 g/mol. The second kappa shape index (κ2) is 6.13. The van der Waals surface area contributed by atoms with Gasteiger partial charge in [0.15, 0.2) is 17.1 Å². The van der Waals surface area contributed by atoms with E-state index in [4.69, 9.17) is 18.6 Å². The van der Waals surface area contributed by atoms with Gasteiger partial charge in [-0.2, -0.15) is 0 Å². The molecular weight excluding hydrogens is 320 g/mol. The summed E-state index contributed by atoms with van der Waals surface area (Å²) in [7, 11) is 3.00. The highest BCUT2D eigenvalue weighted by Crippen LogP contribution is 2.28. The maximum absolute atomic E-state index is 12.2. The number of esters is 1. The SMILES string of the molecule is COc1ccc(C(=O)Oc2ccc3sc(=O)oc3c2)cc1OC. The molecule has 0 bridgehead atoms. The van der Waals surface area contributed by atoms with Crippen LogP contribution in [0.25, 0.3) is 10.3 Å². The van der Waals surface area contributed by atoms with Crippen molar-refractivity contribution in [2.75, 3.05) is 14.2 Å². The Hall–Kier alpha value is -2.80. The van der Waals surface area contributed by atoms with Crippen LogP contribution in [-0.2, 0) is 0 Å². The zero-order valence-electron chi connectivity index (χ0n) is 12.3. The van der Waals surface area contributed by atoms with E-state index >= 15 is 0 Å². The molecule has 0 N–H and O–H groups in total. The molecule has 118 valence electrons. The third-order valence-corrected chi connectivity index (χ3v) is 3.94. The van der Waals surface area contributed by atoms with E-state index < -0.39 is 10.9 Å². The summed E-state index contributed by atoms with van der Waals surface area (Å²) in [4.78, 5) is 23.0. The van der Waals surface area contributed by atoms with Gasteiger partial charge in [0.1, 0.15) is 5.75 Å². The fraction of sp³-hybridized carbons (Fsp3) is 0.125. The Bertz CT molecular complexity index is 924. The summed E-state index contributed by atoms with van der Waals surface area (Å²) in [6.07, 6.45) is 0. The van der Waals surface area contributed by atoms with Crippen molar-refractivity contribution in [1.82, 2.24) is 0 Å². The average Bonchev–Trinajstić information content (AvgIpc) is 2.93. The molecule has 0 atom stereocenters. The molecule has 2 aromatic carbocycles. The molecule has 7 heteroatoms. The maximum atomic E-state index is 12.2. The van der Waals surface area contributed by atoms with Crippen LogP contribution in [0, 0.1) is 0 Å². The standard InChI is InChI=1S/C16H12O6S/c1-19-11-5-3-9(7-12(11)20-2)15(17)21-10-4-6-14-13(8-10)22-16(18)23-14/h3-8H,1-2H3. The minimum atomic E-state index is -0.553. The molecule has 0 radical (unpaired) electrons. The van der Waals surface area contributed by atoms with E-state index in [-0.39, 0.29) is 0 Å². The molecule has 0 saturated carbocycles. The summed E-state index contributed by atoms with van der Waals surface area (Å²) in [6.45, 7) is 0. The minimum absolute atomic E-state index is 0.291. The average molecular weight is 332 g/mol. The predicted molar refractivity (Wildman–Crippen MR) is 84.9 cm³/mol. The highest BCUT2D eigenvalue weighted by atomic mass is 32.1. The third-order valence-electron chi connectivity index (χ3n) is 3.13. The topological polar surface area (TPSA) is 75.0 Å². The first-order chi connectivity index (χ1) is 11.1. The van der Waals surface area contributed by atoms with Gasteiger partial charge in [-0.25, -0.2) is 9.59 Å². The Labute approximate surface area is 134 Å². The summed E-state index contributed by atoms with van der Waals surface area (Å²) < 4.78 is 21.3. The first-order valence-corrected chi connectivity index (χ1v) is 7.40. The lowest BCUT2D eigenvalue weighted by atomic mass is 10.2. The van der Waals surface area contributed by atoms with Gasteiger partial charge < -0.3 is 18.6 Å². The highest BCUT2D eigenvalue weighted by molar-refractivity contribution is 7.16. The Balaban J connectivity index is 1.86. The normalized spacial score (nSPS) is 10.5. The number of methoxy groups -OCH3 is 2. The number of hydrogen-bond donors (Lipinski definition) is 0. The first kappa shape index (κ1) is 15.1. The first-order valence-electron chi connectivity index (χ1n) is 6.58. The molecule has 0 aliphatic rings. The van der Waals surface area contributed by atoms with Crippen molar-refractivity contribution in [3.63, 3.8) is 0 Å². The van der Waals surface area contributed by atoms with Crippen LogP contribution in [0.1, 0.15) is 10.4 Å². The molecule has 0 saturated heterocycles. The van der Waals surface area contributed by atoms with Gasteiger partial charge in [-0.15, -0.1) is 0 Å². The van der Waals surface area contributed by atoms with Crippen LogP contribution in [0.5, 0.6) is 17.2 Å². The molecule has 0 unspecified atom stereocenters. The molecule has 3 aromatic rings. The lowest BCUT2D eigenvalue weighted by Crippen LogP contribution is -2.08. The maximum Gasteiger partial charge on any atom is 0.396 e. The van der Waals surface area contributed by atoms with Crippen LogP contribution in [0.4, 0.5) is 0 Å². The Morgan fingerprint density at radius 3 is 2.57 bits per heavy atom. The van der Waals surface area contributed by atoms with Crippen molar-refractivity contribution in [1.29, 1.82) is 0 Å². The lowest BCUT2D eigenvalue weighted by Gasteiger charge is -2.09. The van der Waals surface area contributed by atoms with Crippen molar-refractivity contribution in [3.8, 4) is 17.2 Å². The van der Waals surface area contributed by atoms with E-state index in [9.17, 15) is 9.59 Å². The van der Waals surface area contributed by atoms with Crippen molar-refractivity contribution < 1.29 is 23.4 Å². The van der Waals surface area contributed by atoms with Gasteiger partial charge in [0.2, 0.25) is 0 Å². The van der Waals surface area contributed by atoms with Crippen molar-refractivity contribution in [2.45, 2.75) is 0 Å². The Morgan fingerprint density at radius 1 is 1.04 bits per heavy atom. The fourth-order valence-corrected chi connectivity index (χ4v) is 2.69. The number of carbonyl (C=O) groups excluding carboxylic acids is 1. The fourth-order valence-electron chi connectivity index (χ4n) is 2.05. The van der Waals surface area contributed by atoms with Crippen LogP contribution in [0.15, 0.2) is 45.6 Å². The second-order valence-corrected chi connectivity index (χ2v) is 5.50. The van der Waals surface area contributed by atoms with Gasteiger partial charge in [-0.05, 0) is 30.3 Å². The largest absolute Gasteiger partial charge is 0.493 e. The summed E-state index contributed by atoms with van der Waals surface area (Å²) in [6, 6.07) is 9.51. The summed E-state index contributed by atoms with van der Waals surface area (Å²) in [5.41, 5.74) is 0.701. The van der Waals surface area contributed by atoms with E-state index in [1.165, 1.54) is 26.4 Å². The third kappa shape index (κ3) is 3.04. The lowest BCUT2D eigenvalue weighted by molar-refractivity contribution is 0.0734. The Morgan fingerprint density at radius 2 is 1.83 bits per heavy atom. The van der Waals surface area contributed by atoms with Crippen LogP contribution in [0.2, 0.25) is 0 Å². The van der Waals surface area contributed by atoms with E-state index in [1.807, 2.05) is 0 Å². The summed E-state index contributed by atoms with van der Waals surface area (Å²) in [5.74, 6) is 0.688. The minimum Gasteiger partial charge on any atom is -0.493 e. The highest BCUT2D eigenvalue weighted by Gasteiger charge is 2.14. The van der Waals surface area contributed by atoms with Crippen LogP contribution < -0.4 is 19.1 Å². The van der Waals surface area contributed by atoms with Gasteiger partial charge in [-0.3, -0.25) is 0 Å². The molecule has 0 fully saturated rings. The molecule has 0 aliphatic carbocycles.